The average Bonchev–Trinajstić information content (AvgIpc) is 2.64. The zero-order valence-electron chi connectivity index (χ0n) is 10.6. The lowest BCUT2D eigenvalue weighted by atomic mass is 9.57. The average molecular weight is 230 g/mol. The van der Waals surface area contributed by atoms with Gasteiger partial charge in [-0.25, -0.2) is 0 Å². The lowest BCUT2D eigenvalue weighted by Gasteiger charge is -2.45. The van der Waals surface area contributed by atoms with E-state index in [1.165, 1.54) is 0 Å². The molecule has 0 unspecified atom stereocenters. The van der Waals surface area contributed by atoms with Crippen LogP contribution in [0.25, 0.3) is 0 Å². The van der Waals surface area contributed by atoms with Gasteiger partial charge in [0.15, 0.2) is 5.76 Å². The molecule has 90 valence electrons. The van der Waals surface area contributed by atoms with Crippen molar-refractivity contribution in [3.8, 4) is 0 Å². The second kappa shape index (κ2) is 3.34. The summed E-state index contributed by atoms with van der Waals surface area (Å²) in [6.45, 7) is 6.53. The molecule has 0 saturated carbocycles. The van der Waals surface area contributed by atoms with Gasteiger partial charge in [0.2, 0.25) is 5.78 Å². The predicted octanol–water partition coefficient (Wildman–Crippen LogP) is 3.55. The van der Waals surface area contributed by atoms with Crippen molar-refractivity contribution in [2.24, 2.45) is 17.3 Å². The minimum absolute atomic E-state index is 0.00398. The zero-order valence-corrected chi connectivity index (χ0v) is 10.6. The summed E-state index contributed by atoms with van der Waals surface area (Å²) < 4.78 is 5.44. The number of carbonyl (C=O) groups excluding carboxylic acids is 1. The first kappa shape index (κ1) is 10.8. The highest BCUT2D eigenvalue weighted by molar-refractivity contribution is 6.00. The fourth-order valence-corrected chi connectivity index (χ4v) is 3.30. The van der Waals surface area contributed by atoms with Crippen LogP contribution in [0.4, 0.5) is 0 Å². The molecule has 1 heterocycles. The van der Waals surface area contributed by atoms with Crippen molar-refractivity contribution < 1.29 is 9.21 Å². The summed E-state index contributed by atoms with van der Waals surface area (Å²) in [4.78, 5) is 12.5. The first-order chi connectivity index (χ1) is 8.04. The standard InChI is InChI=1S/C15H18O2/c1-9-8-17-14-11(9)7-15(3)10(2)5-4-6-12(15)13(14)16/h4,6,8,10,12H,5,7H2,1-3H3/t10-,12-,15-/m1/s1. The Morgan fingerprint density at radius 2 is 2.24 bits per heavy atom. The summed E-state index contributed by atoms with van der Waals surface area (Å²) in [5.74, 6) is 1.32. The van der Waals surface area contributed by atoms with Gasteiger partial charge in [0.25, 0.3) is 0 Å². The fourth-order valence-electron chi connectivity index (χ4n) is 3.30. The quantitative estimate of drug-likeness (QED) is 0.638. The lowest BCUT2D eigenvalue weighted by Crippen LogP contribution is -2.44. The maximum absolute atomic E-state index is 12.5. The number of furan rings is 1. The van der Waals surface area contributed by atoms with Crippen LogP contribution >= 0.6 is 0 Å². The van der Waals surface area contributed by atoms with Crippen molar-refractivity contribution in [1.29, 1.82) is 0 Å². The predicted molar refractivity (Wildman–Crippen MR) is 66.0 cm³/mol. The maximum Gasteiger partial charge on any atom is 0.205 e. The lowest BCUT2D eigenvalue weighted by molar-refractivity contribution is 0.0618. The Morgan fingerprint density at radius 1 is 1.47 bits per heavy atom. The smallest absolute Gasteiger partial charge is 0.205 e. The van der Waals surface area contributed by atoms with Gasteiger partial charge in [0.1, 0.15) is 0 Å². The molecule has 0 aromatic carbocycles. The van der Waals surface area contributed by atoms with Gasteiger partial charge in [-0.1, -0.05) is 26.0 Å². The van der Waals surface area contributed by atoms with Crippen LogP contribution in [0.5, 0.6) is 0 Å². The van der Waals surface area contributed by atoms with E-state index in [0.29, 0.717) is 11.7 Å². The van der Waals surface area contributed by atoms with Crippen LogP contribution < -0.4 is 0 Å². The Kier molecular flexibility index (Phi) is 2.13. The number of hydrogen-bond acceptors (Lipinski definition) is 2. The van der Waals surface area contributed by atoms with Crippen LogP contribution in [0.2, 0.25) is 0 Å². The maximum atomic E-state index is 12.5. The normalized spacial score (nSPS) is 35.6. The molecule has 0 bridgehead atoms. The van der Waals surface area contributed by atoms with Crippen LogP contribution in [0.1, 0.15) is 41.9 Å². The van der Waals surface area contributed by atoms with E-state index in [2.05, 4.69) is 26.0 Å². The molecule has 3 atom stereocenters. The van der Waals surface area contributed by atoms with E-state index in [-0.39, 0.29) is 17.1 Å². The fraction of sp³-hybridized carbons (Fsp3) is 0.533. The van der Waals surface area contributed by atoms with Gasteiger partial charge < -0.3 is 4.42 Å². The molecule has 3 rings (SSSR count). The highest BCUT2D eigenvalue weighted by Gasteiger charge is 2.49. The van der Waals surface area contributed by atoms with Gasteiger partial charge in [-0.05, 0) is 36.7 Å². The Hall–Kier alpha value is -1.31. The monoisotopic (exact) mass is 230 g/mol. The highest BCUT2D eigenvalue weighted by Crippen LogP contribution is 2.50. The summed E-state index contributed by atoms with van der Waals surface area (Å²) in [6.07, 6.45) is 8.00. The van der Waals surface area contributed by atoms with Gasteiger partial charge in [-0.2, -0.15) is 0 Å². The van der Waals surface area contributed by atoms with E-state index < -0.39 is 0 Å². The highest BCUT2D eigenvalue weighted by atomic mass is 16.3. The molecule has 0 radical (unpaired) electrons. The molecule has 0 spiro atoms. The summed E-state index contributed by atoms with van der Waals surface area (Å²) in [6, 6.07) is 0. The number of carbonyl (C=O) groups is 1. The third-order valence-electron chi connectivity index (χ3n) is 4.82. The van der Waals surface area contributed by atoms with E-state index in [0.717, 1.165) is 24.0 Å². The van der Waals surface area contributed by atoms with E-state index >= 15 is 0 Å². The molecule has 2 aliphatic rings. The SMILES string of the molecule is Cc1coc2c1C[C@]1(C)[C@H](C)CC=C[C@@H]1C2=O. The number of Topliss-reactive ketones (excluding diaryl/α,β-unsaturated/α-hetero) is 1. The second-order valence-corrected chi connectivity index (χ2v) is 5.82. The van der Waals surface area contributed by atoms with Crippen molar-refractivity contribution in [3.05, 3.63) is 35.3 Å². The van der Waals surface area contributed by atoms with E-state index in [1.54, 1.807) is 6.26 Å². The molecule has 1 aromatic rings. The van der Waals surface area contributed by atoms with Gasteiger partial charge in [-0.15, -0.1) is 0 Å². The topological polar surface area (TPSA) is 30.2 Å². The minimum Gasteiger partial charge on any atom is -0.461 e. The zero-order chi connectivity index (χ0) is 12.2. The number of aryl methyl sites for hydroxylation is 1. The number of fused-ring (bicyclic) bond motifs is 2. The van der Waals surface area contributed by atoms with Gasteiger partial charge >= 0.3 is 0 Å². The second-order valence-electron chi connectivity index (χ2n) is 5.82. The van der Waals surface area contributed by atoms with E-state index in [1.807, 2.05) is 6.92 Å². The van der Waals surface area contributed by atoms with Crippen LogP contribution in [-0.4, -0.2) is 5.78 Å². The third-order valence-corrected chi connectivity index (χ3v) is 4.82. The molecule has 17 heavy (non-hydrogen) atoms. The number of hydrogen-bond donors (Lipinski definition) is 0. The molecule has 1 aromatic heterocycles. The van der Waals surface area contributed by atoms with E-state index in [4.69, 9.17) is 4.42 Å². The van der Waals surface area contributed by atoms with Gasteiger partial charge in [-0.3, -0.25) is 4.79 Å². The summed E-state index contributed by atoms with van der Waals surface area (Å²) in [7, 11) is 0. The molecule has 0 aliphatic heterocycles. The largest absolute Gasteiger partial charge is 0.461 e. The van der Waals surface area contributed by atoms with Crippen molar-refractivity contribution in [2.75, 3.05) is 0 Å². The Bertz CT molecular complexity index is 509. The molecular weight excluding hydrogens is 212 g/mol. The Labute approximate surface area is 102 Å². The molecule has 2 aliphatic carbocycles. The molecule has 2 heteroatoms. The third kappa shape index (κ3) is 1.30. The molecule has 0 saturated heterocycles. The van der Waals surface area contributed by atoms with Crippen molar-refractivity contribution in [3.63, 3.8) is 0 Å². The van der Waals surface area contributed by atoms with Crippen LogP contribution in [-0.2, 0) is 6.42 Å². The summed E-state index contributed by atoms with van der Waals surface area (Å²) in [5.41, 5.74) is 2.32. The number of allylic oxidation sites excluding steroid dienone is 2. The first-order valence-electron chi connectivity index (χ1n) is 6.32. The molecule has 0 amide bonds. The molecular formula is C15H18O2. The molecule has 0 fully saturated rings. The van der Waals surface area contributed by atoms with Gasteiger partial charge in [0.05, 0.1) is 6.26 Å². The molecule has 2 nitrogen and oxygen atoms in total. The minimum atomic E-state index is 0.00398. The van der Waals surface area contributed by atoms with Crippen molar-refractivity contribution in [1.82, 2.24) is 0 Å². The van der Waals surface area contributed by atoms with Crippen LogP contribution in [0.15, 0.2) is 22.8 Å². The van der Waals surface area contributed by atoms with Crippen molar-refractivity contribution in [2.45, 2.75) is 33.6 Å². The summed E-state index contributed by atoms with van der Waals surface area (Å²) >= 11 is 0. The number of ketones is 1. The van der Waals surface area contributed by atoms with Crippen LogP contribution in [0, 0.1) is 24.2 Å². The Balaban J connectivity index is 2.17. The van der Waals surface area contributed by atoms with E-state index in [9.17, 15) is 4.79 Å². The number of rotatable bonds is 0. The summed E-state index contributed by atoms with van der Waals surface area (Å²) in [5, 5.41) is 0. The first-order valence-corrected chi connectivity index (χ1v) is 6.32. The van der Waals surface area contributed by atoms with Gasteiger partial charge in [0, 0.05) is 11.5 Å². The van der Waals surface area contributed by atoms with Crippen molar-refractivity contribution >= 4 is 5.78 Å². The van der Waals surface area contributed by atoms with Crippen LogP contribution in [0.3, 0.4) is 0 Å². The Morgan fingerprint density at radius 3 is 3.00 bits per heavy atom. The molecule has 0 N–H and O–H groups in total.